The smallest absolute Gasteiger partial charge is 0.200 e. The average Bonchev–Trinajstić information content (AvgIpc) is 2.62. The van der Waals surface area contributed by atoms with Crippen LogP contribution >= 0.6 is 11.6 Å². The van der Waals surface area contributed by atoms with Crippen LogP contribution in [0.3, 0.4) is 0 Å². The summed E-state index contributed by atoms with van der Waals surface area (Å²) in [6.07, 6.45) is 0.929. The third kappa shape index (κ3) is 3.22. The lowest BCUT2D eigenvalue weighted by molar-refractivity contribution is 1.14. The number of aryl methyl sites for hydroxylation is 1. The van der Waals surface area contributed by atoms with Crippen molar-refractivity contribution in [3.63, 3.8) is 0 Å². The first-order valence-electron chi connectivity index (χ1n) is 7.94. The van der Waals surface area contributed by atoms with Crippen LogP contribution in [0.1, 0.15) is 12.5 Å². The highest BCUT2D eigenvalue weighted by Gasteiger charge is 2.10. The maximum absolute atomic E-state index is 6.26. The number of anilines is 1. The fraction of sp³-hybridized carbons (Fsp3) is 0.150. The minimum Gasteiger partial charge on any atom is -0.369 e. The summed E-state index contributed by atoms with van der Waals surface area (Å²) in [5.41, 5.74) is 9.14. The summed E-state index contributed by atoms with van der Waals surface area (Å²) < 4.78 is 0. The molecule has 0 fully saturated rings. The van der Waals surface area contributed by atoms with Gasteiger partial charge in [-0.1, -0.05) is 61.0 Å². The zero-order valence-corrected chi connectivity index (χ0v) is 14.6. The van der Waals surface area contributed by atoms with Gasteiger partial charge < -0.3 is 10.6 Å². The Labute approximate surface area is 147 Å². The molecule has 0 bridgehead atoms. The third-order valence-electron chi connectivity index (χ3n) is 4.13. The van der Waals surface area contributed by atoms with Gasteiger partial charge in [-0.25, -0.2) is 4.99 Å². The highest BCUT2D eigenvalue weighted by atomic mass is 35.5. The minimum atomic E-state index is 0.404. The fourth-order valence-electron chi connectivity index (χ4n) is 2.69. The van der Waals surface area contributed by atoms with E-state index in [-0.39, 0.29) is 0 Å². The highest BCUT2D eigenvalue weighted by Crippen LogP contribution is 2.29. The molecule has 0 aliphatic carbocycles. The number of benzene rings is 3. The van der Waals surface area contributed by atoms with Crippen molar-refractivity contribution >= 4 is 39.7 Å². The molecule has 0 radical (unpaired) electrons. The molecule has 3 nitrogen and oxygen atoms in total. The zero-order valence-electron chi connectivity index (χ0n) is 13.8. The second kappa shape index (κ2) is 6.93. The number of nitrogens with zero attached hydrogens (tertiary/aromatic N) is 2. The van der Waals surface area contributed by atoms with Crippen molar-refractivity contribution < 1.29 is 0 Å². The number of rotatable bonds is 3. The first-order chi connectivity index (χ1) is 11.6. The molecule has 3 aromatic rings. The quantitative estimate of drug-likeness (QED) is 0.531. The molecular formula is C20H20ClN3. The summed E-state index contributed by atoms with van der Waals surface area (Å²) in [5, 5.41) is 2.90. The summed E-state index contributed by atoms with van der Waals surface area (Å²) in [6, 6.07) is 20.2. The molecule has 0 heterocycles. The van der Waals surface area contributed by atoms with Crippen LogP contribution in [0.25, 0.3) is 10.8 Å². The molecule has 2 N–H and O–H groups in total. The third-order valence-corrected chi connectivity index (χ3v) is 4.45. The molecule has 3 aromatic carbocycles. The molecular weight excluding hydrogens is 318 g/mol. The van der Waals surface area contributed by atoms with Gasteiger partial charge in [0.15, 0.2) is 0 Å². The predicted octanol–water partition coefficient (Wildman–Crippen LogP) is 5.14. The van der Waals surface area contributed by atoms with E-state index in [0.29, 0.717) is 16.7 Å². The van der Waals surface area contributed by atoms with Gasteiger partial charge in [0, 0.05) is 12.4 Å². The van der Waals surface area contributed by atoms with Crippen LogP contribution in [0, 0.1) is 0 Å². The maximum atomic E-state index is 6.26. The number of hydrogen-bond acceptors (Lipinski definition) is 1. The van der Waals surface area contributed by atoms with E-state index in [2.05, 4.69) is 30.1 Å². The van der Waals surface area contributed by atoms with Gasteiger partial charge >= 0.3 is 0 Å². The van der Waals surface area contributed by atoms with E-state index in [1.165, 1.54) is 10.9 Å². The fourth-order valence-corrected chi connectivity index (χ4v) is 2.85. The van der Waals surface area contributed by atoms with E-state index in [1.54, 1.807) is 0 Å². The molecule has 0 unspecified atom stereocenters. The number of fused-ring (bicyclic) bond motifs is 1. The van der Waals surface area contributed by atoms with Gasteiger partial charge in [-0.2, -0.15) is 0 Å². The first-order valence-corrected chi connectivity index (χ1v) is 8.32. The molecule has 0 saturated carbocycles. The molecule has 0 aliphatic rings. The Kier molecular flexibility index (Phi) is 4.72. The van der Waals surface area contributed by atoms with Gasteiger partial charge in [0.2, 0.25) is 5.96 Å². The Morgan fingerprint density at radius 2 is 1.83 bits per heavy atom. The lowest BCUT2D eigenvalue weighted by Crippen LogP contribution is -2.33. The number of nitrogens with two attached hydrogens (primary N) is 1. The van der Waals surface area contributed by atoms with Crippen LogP contribution in [-0.2, 0) is 6.42 Å². The van der Waals surface area contributed by atoms with Crippen molar-refractivity contribution in [1.29, 1.82) is 0 Å². The maximum Gasteiger partial charge on any atom is 0.200 e. The van der Waals surface area contributed by atoms with Gasteiger partial charge in [0.05, 0.1) is 16.4 Å². The van der Waals surface area contributed by atoms with Crippen LogP contribution < -0.4 is 10.6 Å². The van der Waals surface area contributed by atoms with Crippen molar-refractivity contribution in [2.75, 3.05) is 11.9 Å². The van der Waals surface area contributed by atoms with Gasteiger partial charge in [-0.3, -0.25) is 0 Å². The highest BCUT2D eigenvalue weighted by molar-refractivity contribution is 6.33. The largest absolute Gasteiger partial charge is 0.369 e. The van der Waals surface area contributed by atoms with Crippen LogP contribution in [0.5, 0.6) is 0 Å². The first kappa shape index (κ1) is 16.3. The van der Waals surface area contributed by atoms with Crippen molar-refractivity contribution in [3.8, 4) is 0 Å². The number of aliphatic imine (C=N–C) groups is 1. The van der Waals surface area contributed by atoms with Crippen molar-refractivity contribution in [2.24, 2.45) is 10.7 Å². The lowest BCUT2D eigenvalue weighted by Gasteiger charge is -2.20. The summed E-state index contributed by atoms with van der Waals surface area (Å²) in [6.45, 7) is 2.10. The van der Waals surface area contributed by atoms with Gasteiger partial charge in [-0.15, -0.1) is 0 Å². The van der Waals surface area contributed by atoms with E-state index in [9.17, 15) is 0 Å². The molecule has 0 aliphatic heterocycles. The molecule has 0 amide bonds. The van der Waals surface area contributed by atoms with Crippen molar-refractivity contribution in [3.05, 3.63) is 71.2 Å². The van der Waals surface area contributed by atoms with E-state index < -0.39 is 0 Å². The number of hydrogen-bond donors (Lipinski definition) is 1. The van der Waals surface area contributed by atoms with E-state index >= 15 is 0 Å². The molecule has 3 rings (SSSR count). The summed E-state index contributed by atoms with van der Waals surface area (Å²) in [7, 11) is 1.91. The van der Waals surface area contributed by atoms with Crippen LogP contribution in [0.15, 0.2) is 65.7 Å². The predicted molar refractivity (Wildman–Crippen MR) is 104 cm³/mol. The SMILES string of the molecule is CCc1ccc(Cl)c(N=C(N)N(C)c2cccc3ccccc23)c1. The van der Waals surface area contributed by atoms with E-state index in [4.69, 9.17) is 17.3 Å². The molecule has 0 atom stereocenters. The van der Waals surface area contributed by atoms with Crippen LogP contribution in [0.2, 0.25) is 5.02 Å². The molecule has 4 heteroatoms. The summed E-state index contributed by atoms with van der Waals surface area (Å²) in [5.74, 6) is 0.404. The summed E-state index contributed by atoms with van der Waals surface area (Å²) in [4.78, 5) is 6.42. The van der Waals surface area contributed by atoms with Crippen molar-refractivity contribution in [1.82, 2.24) is 0 Å². The molecule has 0 spiro atoms. The van der Waals surface area contributed by atoms with Crippen LogP contribution in [0.4, 0.5) is 11.4 Å². The topological polar surface area (TPSA) is 41.6 Å². The van der Waals surface area contributed by atoms with Crippen molar-refractivity contribution in [2.45, 2.75) is 13.3 Å². The Hall–Kier alpha value is -2.52. The standard InChI is InChI=1S/C20H20ClN3/c1-3-14-11-12-17(21)18(13-14)23-20(22)24(2)19-10-6-8-15-7-4-5-9-16(15)19/h4-13H,3H2,1-2H3,(H2,22,23). The van der Waals surface area contributed by atoms with Crippen LogP contribution in [-0.4, -0.2) is 13.0 Å². The molecule has 24 heavy (non-hydrogen) atoms. The normalized spacial score (nSPS) is 11.7. The Balaban J connectivity index is 2.01. The average molecular weight is 338 g/mol. The van der Waals surface area contributed by atoms with Gasteiger partial charge in [-0.05, 0) is 35.6 Å². The second-order valence-electron chi connectivity index (χ2n) is 5.67. The molecule has 0 saturated heterocycles. The summed E-state index contributed by atoms with van der Waals surface area (Å²) >= 11 is 6.26. The molecule has 0 aromatic heterocycles. The minimum absolute atomic E-state index is 0.404. The number of halogens is 1. The van der Waals surface area contributed by atoms with Gasteiger partial charge in [0.25, 0.3) is 0 Å². The Morgan fingerprint density at radius 1 is 1.08 bits per heavy atom. The monoisotopic (exact) mass is 337 g/mol. The zero-order chi connectivity index (χ0) is 17.1. The van der Waals surface area contributed by atoms with E-state index in [1.807, 2.05) is 54.4 Å². The van der Waals surface area contributed by atoms with E-state index in [0.717, 1.165) is 17.5 Å². The lowest BCUT2D eigenvalue weighted by atomic mass is 10.1. The van der Waals surface area contributed by atoms with Gasteiger partial charge in [0.1, 0.15) is 0 Å². The Morgan fingerprint density at radius 3 is 2.62 bits per heavy atom. The second-order valence-corrected chi connectivity index (χ2v) is 6.07. The number of guanidine groups is 1. The Bertz CT molecular complexity index is 897. The molecule has 122 valence electrons.